The molecule has 0 radical (unpaired) electrons. The smallest absolute Gasteiger partial charge is 0.143 e. The topological polar surface area (TPSA) is 18.1 Å². The molecule has 0 aliphatic rings. The van der Waals surface area contributed by atoms with Crippen LogP contribution < -0.4 is 0 Å². The second-order valence-corrected chi connectivity index (χ2v) is 12.8. The van der Waals surface area contributed by atoms with Crippen molar-refractivity contribution in [2.45, 2.75) is 0 Å². The van der Waals surface area contributed by atoms with E-state index >= 15 is 0 Å². The van der Waals surface area contributed by atoms with Crippen LogP contribution in [0.15, 0.2) is 192 Å². The molecule has 8 aromatic carbocycles. The lowest BCUT2D eigenvalue weighted by Crippen LogP contribution is -1.98. The lowest BCUT2D eigenvalue weighted by atomic mass is 9.89. The quantitative estimate of drug-likeness (QED) is 0.184. The predicted molar refractivity (Wildman–Crippen MR) is 210 cm³/mol. The van der Waals surface area contributed by atoms with Crippen molar-refractivity contribution in [1.82, 2.24) is 4.57 Å². The summed E-state index contributed by atoms with van der Waals surface area (Å²) in [6, 6.07) is 67.3. The highest BCUT2D eigenvalue weighted by Gasteiger charge is 2.21. The molecule has 0 bridgehead atoms. The molecule has 0 saturated carbocycles. The number of furan rings is 1. The first kappa shape index (κ1) is 28.4. The maximum atomic E-state index is 6.66. The highest BCUT2D eigenvalue weighted by molar-refractivity contribution is 6.17. The Morgan fingerprint density at radius 1 is 0.340 bits per heavy atom. The number of hydrogen-bond donors (Lipinski definition) is 0. The highest BCUT2D eigenvalue weighted by Crippen LogP contribution is 2.46. The Balaban J connectivity index is 1.22. The molecule has 0 fully saturated rings. The molecule has 0 atom stereocenters. The molecule has 50 heavy (non-hydrogen) atoms. The van der Waals surface area contributed by atoms with Gasteiger partial charge in [-0.2, -0.15) is 0 Å². The number of rotatable bonds is 5. The normalized spacial score (nSPS) is 11.6. The molecule has 234 valence electrons. The van der Waals surface area contributed by atoms with Gasteiger partial charge in [-0.3, -0.25) is 0 Å². The van der Waals surface area contributed by atoms with E-state index in [1.807, 2.05) is 6.07 Å². The van der Waals surface area contributed by atoms with Crippen LogP contribution in [-0.2, 0) is 0 Å². The zero-order valence-electron chi connectivity index (χ0n) is 27.3. The molecule has 0 spiro atoms. The van der Waals surface area contributed by atoms with Crippen LogP contribution in [0, 0.1) is 0 Å². The van der Waals surface area contributed by atoms with Crippen LogP contribution in [0.4, 0.5) is 0 Å². The molecule has 0 unspecified atom stereocenters. The van der Waals surface area contributed by atoms with Crippen molar-refractivity contribution >= 4 is 43.7 Å². The minimum atomic E-state index is 0.894. The zero-order valence-corrected chi connectivity index (χ0v) is 27.3. The molecule has 2 aromatic heterocycles. The molecule has 2 heteroatoms. The van der Waals surface area contributed by atoms with Crippen LogP contribution in [0.25, 0.3) is 93.9 Å². The Labute approximate surface area is 290 Å². The second-order valence-electron chi connectivity index (χ2n) is 12.8. The van der Waals surface area contributed by atoms with Gasteiger partial charge in [0.2, 0.25) is 0 Å². The fraction of sp³-hybridized carbons (Fsp3) is 0. The summed E-state index contributed by atoms with van der Waals surface area (Å²) in [7, 11) is 0. The van der Waals surface area contributed by atoms with E-state index in [-0.39, 0.29) is 0 Å². The number of fused-ring (bicyclic) bond motifs is 6. The van der Waals surface area contributed by atoms with Gasteiger partial charge >= 0.3 is 0 Å². The maximum absolute atomic E-state index is 6.66. The molecule has 0 N–H and O–H groups in total. The van der Waals surface area contributed by atoms with Crippen molar-refractivity contribution in [1.29, 1.82) is 0 Å². The number of aromatic nitrogens is 1. The van der Waals surface area contributed by atoms with Crippen molar-refractivity contribution < 1.29 is 4.42 Å². The van der Waals surface area contributed by atoms with Crippen LogP contribution in [0.3, 0.4) is 0 Å². The van der Waals surface area contributed by atoms with E-state index < -0.39 is 0 Å². The van der Waals surface area contributed by atoms with Crippen molar-refractivity contribution in [2.24, 2.45) is 0 Å². The lowest BCUT2D eigenvalue weighted by Gasteiger charge is -2.18. The van der Waals surface area contributed by atoms with Crippen molar-refractivity contribution in [2.75, 3.05) is 0 Å². The monoisotopic (exact) mass is 637 g/mol. The van der Waals surface area contributed by atoms with Gasteiger partial charge in [0.1, 0.15) is 11.2 Å². The maximum Gasteiger partial charge on any atom is 0.143 e. The summed E-state index contributed by atoms with van der Waals surface area (Å²) >= 11 is 0. The van der Waals surface area contributed by atoms with E-state index in [1.165, 1.54) is 49.6 Å². The Morgan fingerprint density at radius 3 is 1.72 bits per heavy atom. The van der Waals surface area contributed by atoms with Gasteiger partial charge in [-0.15, -0.1) is 0 Å². The largest absolute Gasteiger partial charge is 0.455 e. The van der Waals surface area contributed by atoms with Gasteiger partial charge in [0.15, 0.2) is 0 Å². The third-order valence-corrected chi connectivity index (χ3v) is 10.0. The van der Waals surface area contributed by atoms with E-state index in [0.29, 0.717) is 0 Å². The van der Waals surface area contributed by atoms with E-state index in [1.54, 1.807) is 0 Å². The predicted octanol–water partition coefficient (Wildman–Crippen LogP) is 13.4. The Kier molecular flexibility index (Phi) is 6.53. The standard InChI is InChI=1S/C48H31NO/c1-3-15-32(16-4-1)34-27-30-45-42(31-34)39-22-10-13-25-44(39)49(45)43-24-12-9-21-38(43)36-19-7-8-20-37(36)40-29-28-35(33-17-5-2-6-18-33)48-47(40)41-23-11-14-26-46(41)50-48/h1-31H. The molecule has 0 aliphatic heterocycles. The molecule has 0 amide bonds. The van der Waals surface area contributed by atoms with Gasteiger partial charge < -0.3 is 8.98 Å². The molecule has 2 nitrogen and oxygen atoms in total. The number of hydrogen-bond acceptors (Lipinski definition) is 1. The van der Waals surface area contributed by atoms with Gasteiger partial charge in [0.05, 0.1) is 16.7 Å². The fourth-order valence-electron chi connectivity index (χ4n) is 7.79. The minimum Gasteiger partial charge on any atom is -0.455 e. The zero-order chi connectivity index (χ0) is 33.0. The summed E-state index contributed by atoms with van der Waals surface area (Å²) < 4.78 is 9.10. The van der Waals surface area contributed by atoms with E-state index in [4.69, 9.17) is 4.42 Å². The lowest BCUT2D eigenvalue weighted by molar-refractivity contribution is 0.670. The molecular formula is C48H31NO. The third-order valence-electron chi connectivity index (χ3n) is 10.0. The summed E-state index contributed by atoms with van der Waals surface area (Å²) in [5.41, 5.74) is 14.7. The SMILES string of the molecule is c1ccc(-c2ccc3c(c2)c2ccccc2n3-c2ccccc2-c2ccccc2-c2ccc(-c3ccccc3)c3oc4ccccc4c23)cc1. The van der Waals surface area contributed by atoms with E-state index in [0.717, 1.165) is 44.3 Å². The van der Waals surface area contributed by atoms with Gasteiger partial charge in [0.25, 0.3) is 0 Å². The van der Waals surface area contributed by atoms with Crippen LogP contribution in [0.2, 0.25) is 0 Å². The van der Waals surface area contributed by atoms with Crippen LogP contribution in [0.5, 0.6) is 0 Å². The van der Waals surface area contributed by atoms with Gasteiger partial charge in [0, 0.05) is 32.7 Å². The highest BCUT2D eigenvalue weighted by atomic mass is 16.3. The summed E-state index contributed by atoms with van der Waals surface area (Å²) in [6.07, 6.45) is 0. The average molecular weight is 638 g/mol. The first-order valence-electron chi connectivity index (χ1n) is 17.1. The summed E-state index contributed by atoms with van der Waals surface area (Å²) in [6.45, 7) is 0. The molecule has 0 aliphatic carbocycles. The van der Waals surface area contributed by atoms with Gasteiger partial charge in [-0.1, -0.05) is 152 Å². The van der Waals surface area contributed by atoms with Crippen LogP contribution >= 0.6 is 0 Å². The van der Waals surface area contributed by atoms with Crippen molar-refractivity contribution in [3.63, 3.8) is 0 Å². The number of benzene rings is 8. The summed E-state index contributed by atoms with van der Waals surface area (Å²) in [4.78, 5) is 0. The van der Waals surface area contributed by atoms with Crippen molar-refractivity contribution in [3.05, 3.63) is 188 Å². The number of nitrogens with zero attached hydrogens (tertiary/aromatic N) is 1. The average Bonchev–Trinajstić information content (AvgIpc) is 3.74. The van der Waals surface area contributed by atoms with Crippen LogP contribution in [-0.4, -0.2) is 4.57 Å². The fourth-order valence-corrected chi connectivity index (χ4v) is 7.79. The van der Waals surface area contributed by atoms with E-state index in [9.17, 15) is 0 Å². The summed E-state index contributed by atoms with van der Waals surface area (Å²) in [5, 5.41) is 4.74. The molecule has 10 aromatic rings. The minimum absolute atomic E-state index is 0.894. The first-order chi connectivity index (χ1) is 24.8. The van der Waals surface area contributed by atoms with Crippen LogP contribution in [0.1, 0.15) is 0 Å². The second kappa shape index (κ2) is 11.5. The Hall–Kier alpha value is -6.64. The van der Waals surface area contributed by atoms with Gasteiger partial charge in [-0.05, 0) is 69.8 Å². The Bertz CT molecular complexity index is 2860. The van der Waals surface area contributed by atoms with E-state index in [2.05, 4.69) is 187 Å². The molecular weight excluding hydrogens is 607 g/mol. The number of para-hydroxylation sites is 3. The first-order valence-corrected chi connectivity index (χ1v) is 17.1. The Morgan fingerprint density at radius 2 is 0.920 bits per heavy atom. The van der Waals surface area contributed by atoms with Crippen molar-refractivity contribution in [3.8, 4) is 50.2 Å². The molecule has 0 saturated heterocycles. The summed E-state index contributed by atoms with van der Waals surface area (Å²) in [5.74, 6) is 0. The van der Waals surface area contributed by atoms with Gasteiger partial charge in [-0.25, -0.2) is 0 Å². The third kappa shape index (κ3) is 4.43. The molecule has 10 rings (SSSR count). The molecule has 2 heterocycles.